The Bertz CT molecular complexity index is 536. The first-order chi connectivity index (χ1) is 8.47. The molecule has 6 N–H and O–H groups in total. The number of amidine groups is 1. The second kappa shape index (κ2) is 5.81. The summed E-state index contributed by atoms with van der Waals surface area (Å²) in [5.74, 6) is -0.444. The fraction of sp³-hybridized carbons (Fsp3) is 0.100. The van der Waals surface area contributed by atoms with E-state index < -0.39 is 13.0 Å². The number of hydrogen-bond donors (Lipinski definition) is 5. The Morgan fingerprint density at radius 1 is 1.56 bits per heavy atom. The highest BCUT2D eigenvalue weighted by Crippen LogP contribution is 2.11. The van der Waals surface area contributed by atoms with Gasteiger partial charge in [0, 0.05) is 0 Å². The first-order valence-corrected chi connectivity index (χ1v) is 5.01. The number of nitrogens with two attached hydrogens (primary N) is 1. The molecule has 0 aliphatic rings. The lowest BCUT2D eigenvalue weighted by Gasteiger charge is -2.10. The van der Waals surface area contributed by atoms with Gasteiger partial charge in [-0.2, -0.15) is 10.4 Å². The van der Waals surface area contributed by atoms with Crippen LogP contribution in [0.5, 0.6) is 0 Å². The number of hydrogen-bond acceptors (Lipinski definition) is 6. The summed E-state index contributed by atoms with van der Waals surface area (Å²) in [6.45, 7) is 1.67. The van der Waals surface area contributed by atoms with Crippen LogP contribution in [0.3, 0.4) is 0 Å². The maximum Gasteiger partial charge on any atom is 0.488 e. The predicted molar refractivity (Wildman–Crippen MR) is 69.6 cm³/mol. The molecule has 0 aliphatic carbocycles. The Morgan fingerprint density at radius 3 is 2.72 bits per heavy atom. The molecule has 0 atom stereocenters. The van der Waals surface area contributed by atoms with E-state index in [1.807, 2.05) is 0 Å². The van der Waals surface area contributed by atoms with Crippen LogP contribution < -0.4 is 16.6 Å². The third kappa shape index (κ3) is 3.07. The van der Waals surface area contributed by atoms with Crippen molar-refractivity contribution in [1.82, 2.24) is 0 Å². The van der Waals surface area contributed by atoms with Crippen LogP contribution in [0.2, 0.25) is 0 Å². The van der Waals surface area contributed by atoms with E-state index in [2.05, 4.69) is 10.5 Å². The van der Waals surface area contributed by atoms with E-state index in [0.717, 1.165) is 0 Å². The lowest BCUT2D eigenvalue weighted by Crippen LogP contribution is -2.32. The van der Waals surface area contributed by atoms with Crippen molar-refractivity contribution in [2.45, 2.75) is 6.92 Å². The first kappa shape index (κ1) is 13.7. The molecular formula is C10H12BN5O2. The highest BCUT2D eigenvalue weighted by molar-refractivity contribution is 6.59. The fourth-order valence-corrected chi connectivity index (χ4v) is 1.32. The zero-order valence-corrected chi connectivity index (χ0v) is 9.68. The summed E-state index contributed by atoms with van der Waals surface area (Å²) in [4.78, 5) is 0. The van der Waals surface area contributed by atoms with Gasteiger partial charge in [-0.1, -0.05) is 12.1 Å². The molecule has 0 heterocycles. The molecule has 1 rings (SSSR count). The van der Waals surface area contributed by atoms with Crippen LogP contribution in [0, 0.1) is 23.7 Å². The minimum absolute atomic E-state index is 0.246. The maximum atomic E-state index is 9.13. The SMILES string of the molecule is Cc1c(N/N=C(\C#N)C(=N)N)cccc1B(O)O. The quantitative estimate of drug-likeness (QED) is 0.198. The summed E-state index contributed by atoms with van der Waals surface area (Å²) in [5, 5.41) is 37.7. The van der Waals surface area contributed by atoms with Crippen molar-refractivity contribution in [2.75, 3.05) is 5.43 Å². The zero-order chi connectivity index (χ0) is 13.7. The van der Waals surface area contributed by atoms with Gasteiger partial charge in [0.25, 0.3) is 0 Å². The van der Waals surface area contributed by atoms with Crippen LogP contribution >= 0.6 is 0 Å². The molecule has 1 aromatic rings. The van der Waals surface area contributed by atoms with E-state index in [1.54, 1.807) is 31.2 Å². The summed E-state index contributed by atoms with van der Waals surface area (Å²) in [5.41, 5.74) is 8.86. The van der Waals surface area contributed by atoms with E-state index in [0.29, 0.717) is 16.7 Å². The summed E-state index contributed by atoms with van der Waals surface area (Å²) >= 11 is 0. The van der Waals surface area contributed by atoms with Crippen molar-refractivity contribution < 1.29 is 10.0 Å². The molecule has 0 unspecified atom stereocenters. The molecule has 1 aromatic carbocycles. The smallest absolute Gasteiger partial charge is 0.423 e. The van der Waals surface area contributed by atoms with Crippen LogP contribution in [0.15, 0.2) is 23.3 Å². The molecule has 0 radical (unpaired) electrons. The molecule has 0 saturated heterocycles. The molecule has 0 saturated carbocycles. The van der Waals surface area contributed by atoms with Gasteiger partial charge in [-0.3, -0.25) is 10.8 Å². The number of nitrogens with one attached hydrogen (secondary N) is 2. The molecule has 0 fully saturated rings. The summed E-state index contributed by atoms with van der Waals surface area (Å²) in [7, 11) is -1.58. The van der Waals surface area contributed by atoms with Gasteiger partial charge in [-0.15, -0.1) is 0 Å². The monoisotopic (exact) mass is 245 g/mol. The molecule has 0 amide bonds. The van der Waals surface area contributed by atoms with Crippen LogP contribution in [0.1, 0.15) is 5.56 Å². The average molecular weight is 245 g/mol. The zero-order valence-electron chi connectivity index (χ0n) is 9.68. The molecular weight excluding hydrogens is 233 g/mol. The molecule has 0 aromatic heterocycles. The lowest BCUT2D eigenvalue weighted by atomic mass is 9.77. The number of benzene rings is 1. The number of rotatable bonds is 4. The Kier molecular flexibility index (Phi) is 4.42. The van der Waals surface area contributed by atoms with Crippen molar-refractivity contribution in [3.8, 4) is 6.07 Å². The van der Waals surface area contributed by atoms with Crippen molar-refractivity contribution in [3.05, 3.63) is 23.8 Å². The minimum Gasteiger partial charge on any atom is -0.423 e. The van der Waals surface area contributed by atoms with Gasteiger partial charge in [0.05, 0.1) is 5.69 Å². The van der Waals surface area contributed by atoms with Crippen molar-refractivity contribution in [1.29, 1.82) is 10.7 Å². The Hall–Kier alpha value is -2.37. The topological polar surface area (TPSA) is 139 Å². The first-order valence-electron chi connectivity index (χ1n) is 5.01. The normalized spacial score (nSPS) is 10.7. The standard InChI is InChI=1S/C10H12BN5O2/c1-6-7(11(17)18)3-2-4-8(6)15-16-9(5-12)10(13)14/h2-4,15,17-18H,1H3,(H3,13,14)/b16-9+. The minimum atomic E-state index is -1.58. The number of hydrazone groups is 1. The highest BCUT2D eigenvalue weighted by atomic mass is 16.4. The van der Waals surface area contributed by atoms with E-state index in [-0.39, 0.29) is 5.71 Å². The van der Waals surface area contributed by atoms with E-state index in [9.17, 15) is 0 Å². The molecule has 0 bridgehead atoms. The van der Waals surface area contributed by atoms with Crippen molar-refractivity contribution in [3.63, 3.8) is 0 Å². The molecule has 0 spiro atoms. The largest absolute Gasteiger partial charge is 0.488 e. The van der Waals surface area contributed by atoms with E-state index in [1.165, 1.54) is 0 Å². The molecule has 0 aliphatic heterocycles. The second-order valence-electron chi connectivity index (χ2n) is 3.49. The predicted octanol–water partition coefficient (Wildman–Crippen LogP) is -1.10. The van der Waals surface area contributed by atoms with Gasteiger partial charge in [-0.05, 0) is 24.0 Å². The van der Waals surface area contributed by atoms with Crippen LogP contribution in [-0.2, 0) is 0 Å². The summed E-state index contributed by atoms with van der Waals surface area (Å²) in [6, 6.07) is 6.49. The highest BCUT2D eigenvalue weighted by Gasteiger charge is 2.15. The maximum absolute atomic E-state index is 9.13. The van der Waals surface area contributed by atoms with Gasteiger partial charge >= 0.3 is 7.12 Å². The van der Waals surface area contributed by atoms with Gasteiger partial charge in [0.1, 0.15) is 6.07 Å². The molecule has 7 nitrogen and oxygen atoms in total. The summed E-state index contributed by atoms with van der Waals surface area (Å²) < 4.78 is 0. The summed E-state index contributed by atoms with van der Waals surface area (Å²) in [6.07, 6.45) is 0. The number of nitriles is 1. The van der Waals surface area contributed by atoms with Crippen LogP contribution in [-0.4, -0.2) is 28.7 Å². The molecule has 18 heavy (non-hydrogen) atoms. The average Bonchev–Trinajstić information content (AvgIpc) is 2.31. The Balaban J connectivity index is 3.03. The van der Waals surface area contributed by atoms with Crippen LogP contribution in [0.25, 0.3) is 0 Å². The third-order valence-corrected chi connectivity index (χ3v) is 2.30. The van der Waals surface area contributed by atoms with Gasteiger partial charge < -0.3 is 15.8 Å². The lowest BCUT2D eigenvalue weighted by molar-refractivity contribution is 0.425. The third-order valence-electron chi connectivity index (χ3n) is 2.30. The molecule has 8 heteroatoms. The van der Waals surface area contributed by atoms with E-state index >= 15 is 0 Å². The second-order valence-corrected chi connectivity index (χ2v) is 3.49. The number of anilines is 1. The van der Waals surface area contributed by atoms with Crippen molar-refractivity contribution in [2.24, 2.45) is 10.8 Å². The van der Waals surface area contributed by atoms with Gasteiger partial charge in [0.15, 0.2) is 5.84 Å². The van der Waals surface area contributed by atoms with Gasteiger partial charge in [-0.25, -0.2) is 0 Å². The van der Waals surface area contributed by atoms with Crippen LogP contribution in [0.4, 0.5) is 5.69 Å². The Labute approximate surface area is 104 Å². The van der Waals surface area contributed by atoms with Gasteiger partial charge in [0.2, 0.25) is 5.71 Å². The fourth-order valence-electron chi connectivity index (χ4n) is 1.32. The van der Waals surface area contributed by atoms with Crippen molar-refractivity contribution >= 4 is 29.8 Å². The Morgan fingerprint density at radius 2 is 2.22 bits per heavy atom. The molecule has 92 valence electrons. The number of nitrogens with zero attached hydrogens (tertiary/aromatic N) is 2. The van der Waals surface area contributed by atoms with E-state index in [4.69, 9.17) is 26.5 Å².